The normalized spacial score (nSPS) is 10.5. The highest BCUT2D eigenvalue weighted by Gasteiger charge is 2.05. The highest BCUT2D eigenvalue weighted by molar-refractivity contribution is 6.30. The zero-order valence-electron chi connectivity index (χ0n) is 14.4. The molecule has 2 aromatic heterocycles. The summed E-state index contributed by atoms with van der Waals surface area (Å²) in [5.41, 5.74) is 0.927. The van der Waals surface area contributed by atoms with Gasteiger partial charge in [0, 0.05) is 30.2 Å². The van der Waals surface area contributed by atoms with Gasteiger partial charge in [0.25, 0.3) is 0 Å². The van der Waals surface area contributed by atoms with Gasteiger partial charge in [-0.2, -0.15) is 0 Å². The van der Waals surface area contributed by atoms with Crippen LogP contribution < -0.4 is 10.1 Å². The van der Waals surface area contributed by atoms with Crippen molar-refractivity contribution in [1.82, 2.24) is 19.9 Å². The molecule has 0 saturated heterocycles. The highest BCUT2D eigenvalue weighted by atomic mass is 35.5. The van der Waals surface area contributed by atoms with Crippen LogP contribution in [0.3, 0.4) is 0 Å². The molecule has 3 aromatic rings. The Morgan fingerprint density at radius 3 is 2.85 bits per heavy atom. The molecular formula is C19H19ClN4O2. The van der Waals surface area contributed by atoms with Crippen LogP contribution in [0.4, 0.5) is 0 Å². The molecular weight excluding hydrogens is 352 g/mol. The van der Waals surface area contributed by atoms with Crippen LogP contribution in [0, 0.1) is 6.92 Å². The number of hydrogen-bond donors (Lipinski definition) is 1. The molecule has 1 N–H and O–H groups in total. The number of amides is 1. The first-order valence-electron chi connectivity index (χ1n) is 8.22. The first-order valence-corrected chi connectivity index (χ1v) is 8.60. The lowest BCUT2D eigenvalue weighted by Gasteiger charge is -2.08. The number of pyridine rings is 1. The first-order chi connectivity index (χ1) is 12.6. The molecule has 0 aliphatic rings. The van der Waals surface area contributed by atoms with Gasteiger partial charge in [-0.1, -0.05) is 23.7 Å². The second kappa shape index (κ2) is 8.49. The number of ether oxygens (including phenoxy) is 1. The van der Waals surface area contributed by atoms with E-state index in [-0.39, 0.29) is 12.3 Å². The second-order valence-corrected chi connectivity index (χ2v) is 6.14. The predicted octanol–water partition coefficient (Wildman–Crippen LogP) is 3.31. The summed E-state index contributed by atoms with van der Waals surface area (Å²) >= 11 is 5.89. The summed E-state index contributed by atoms with van der Waals surface area (Å²) in [6.45, 7) is 2.64. The standard InChI is InChI=1S/C19H19ClN4O2/c1-14-21-8-9-24(14)18-6-5-15(12-22-18)13-23-19(25)7-10-26-17-4-2-3-16(20)11-17/h2-6,8-9,11-12H,7,10,13H2,1H3,(H,23,25). The number of halogens is 1. The van der Waals surface area contributed by atoms with E-state index in [9.17, 15) is 4.79 Å². The van der Waals surface area contributed by atoms with Crippen molar-refractivity contribution in [2.24, 2.45) is 0 Å². The van der Waals surface area contributed by atoms with Gasteiger partial charge < -0.3 is 10.1 Å². The molecule has 1 amide bonds. The molecule has 134 valence electrons. The number of aryl methyl sites for hydroxylation is 1. The van der Waals surface area contributed by atoms with Crippen LogP contribution >= 0.6 is 11.6 Å². The fraction of sp³-hybridized carbons (Fsp3) is 0.211. The quantitative estimate of drug-likeness (QED) is 0.692. The van der Waals surface area contributed by atoms with Gasteiger partial charge in [-0.05, 0) is 36.8 Å². The zero-order chi connectivity index (χ0) is 18.4. The summed E-state index contributed by atoms with van der Waals surface area (Å²) in [6, 6.07) is 10.9. The van der Waals surface area contributed by atoms with E-state index >= 15 is 0 Å². The minimum atomic E-state index is -0.0819. The minimum absolute atomic E-state index is 0.0819. The maximum atomic E-state index is 11.9. The van der Waals surface area contributed by atoms with Crippen molar-refractivity contribution < 1.29 is 9.53 Å². The van der Waals surface area contributed by atoms with Gasteiger partial charge in [-0.25, -0.2) is 9.97 Å². The average Bonchev–Trinajstić information content (AvgIpc) is 3.06. The number of benzene rings is 1. The monoisotopic (exact) mass is 370 g/mol. The van der Waals surface area contributed by atoms with Gasteiger partial charge in [0.1, 0.15) is 17.4 Å². The summed E-state index contributed by atoms with van der Waals surface area (Å²) in [6.07, 6.45) is 5.61. The van der Waals surface area contributed by atoms with Gasteiger partial charge in [0.05, 0.1) is 13.0 Å². The number of hydrogen-bond acceptors (Lipinski definition) is 4. The summed E-state index contributed by atoms with van der Waals surface area (Å²) < 4.78 is 7.41. The third-order valence-electron chi connectivity index (χ3n) is 3.77. The van der Waals surface area contributed by atoms with E-state index in [0.29, 0.717) is 23.9 Å². The van der Waals surface area contributed by atoms with Crippen LogP contribution in [0.5, 0.6) is 5.75 Å². The second-order valence-electron chi connectivity index (χ2n) is 5.70. The molecule has 3 rings (SSSR count). The molecule has 0 radical (unpaired) electrons. The largest absolute Gasteiger partial charge is 0.493 e. The smallest absolute Gasteiger partial charge is 0.223 e. The molecule has 0 spiro atoms. The fourth-order valence-corrected chi connectivity index (χ4v) is 2.57. The van der Waals surface area contributed by atoms with Gasteiger partial charge >= 0.3 is 0 Å². The lowest BCUT2D eigenvalue weighted by Crippen LogP contribution is -2.24. The minimum Gasteiger partial charge on any atom is -0.493 e. The molecule has 0 aliphatic carbocycles. The Balaban J connectivity index is 1.43. The summed E-state index contributed by atoms with van der Waals surface area (Å²) in [5, 5.41) is 3.46. The number of imidazole rings is 1. The topological polar surface area (TPSA) is 69.0 Å². The molecule has 0 atom stereocenters. The van der Waals surface area contributed by atoms with E-state index in [2.05, 4.69) is 15.3 Å². The Morgan fingerprint density at radius 2 is 2.15 bits per heavy atom. The first kappa shape index (κ1) is 17.9. The van der Waals surface area contributed by atoms with Crippen molar-refractivity contribution >= 4 is 17.5 Å². The van der Waals surface area contributed by atoms with E-state index in [1.165, 1.54) is 0 Å². The third-order valence-corrected chi connectivity index (χ3v) is 4.00. The van der Waals surface area contributed by atoms with Crippen molar-refractivity contribution in [2.45, 2.75) is 19.9 Å². The highest BCUT2D eigenvalue weighted by Crippen LogP contribution is 2.17. The average molecular weight is 371 g/mol. The van der Waals surface area contributed by atoms with Crippen molar-refractivity contribution in [2.75, 3.05) is 6.61 Å². The molecule has 0 aliphatic heterocycles. The number of rotatable bonds is 7. The third kappa shape index (κ3) is 4.83. The van der Waals surface area contributed by atoms with E-state index in [0.717, 1.165) is 17.2 Å². The summed E-state index contributed by atoms with van der Waals surface area (Å²) in [5.74, 6) is 2.24. The van der Waals surface area contributed by atoms with Crippen LogP contribution in [0.1, 0.15) is 17.8 Å². The lowest BCUT2D eigenvalue weighted by atomic mass is 10.2. The van der Waals surface area contributed by atoms with Crippen molar-refractivity contribution in [3.05, 3.63) is 71.4 Å². The molecule has 7 heteroatoms. The van der Waals surface area contributed by atoms with Gasteiger partial charge in [-0.15, -0.1) is 0 Å². The number of carbonyl (C=O) groups is 1. The van der Waals surface area contributed by atoms with Crippen molar-refractivity contribution in [1.29, 1.82) is 0 Å². The molecule has 0 saturated carbocycles. The SMILES string of the molecule is Cc1nccn1-c1ccc(CNC(=O)CCOc2cccc(Cl)c2)cn1. The van der Waals surface area contributed by atoms with Crippen LogP contribution in [0.2, 0.25) is 5.02 Å². The lowest BCUT2D eigenvalue weighted by molar-refractivity contribution is -0.121. The van der Waals surface area contributed by atoms with Crippen LogP contribution in [-0.4, -0.2) is 27.0 Å². The molecule has 2 heterocycles. The Labute approximate surface area is 156 Å². The van der Waals surface area contributed by atoms with E-state index in [1.807, 2.05) is 29.8 Å². The zero-order valence-corrected chi connectivity index (χ0v) is 15.1. The Bertz CT molecular complexity index is 877. The van der Waals surface area contributed by atoms with Gasteiger partial charge in [0.15, 0.2) is 0 Å². The van der Waals surface area contributed by atoms with Crippen molar-refractivity contribution in [3.8, 4) is 11.6 Å². The Hall–Kier alpha value is -2.86. The number of aromatic nitrogens is 3. The van der Waals surface area contributed by atoms with Crippen LogP contribution in [0.25, 0.3) is 5.82 Å². The Morgan fingerprint density at radius 1 is 1.27 bits per heavy atom. The fourth-order valence-electron chi connectivity index (χ4n) is 2.39. The molecule has 26 heavy (non-hydrogen) atoms. The molecule has 1 aromatic carbocycles. The van der Waals surface area contributed by atoms with E-state index in [4.69, 9.17) is 16.3 Å². The number of nitrogens with one attached hydrogen (secondary N) is 1. The van der Waals surface area contributed by atoms with E-state index < -0.39 is 0 Å². The summed E-state index contributed by atoms with van der Waals surface area (Å²) in [4.78, 5) is 20.5. The summed E-state index contributed by atoms with van der Waals surface area (Å²) in [7, 11) is 0. The number of carbonyl (C=O) groups excluding carboxylic acids is 1. The Kier molecular flexibility index (Phi) is 5.86. The molecule has 0 fully saturated rings. The van der Waals surface area contributed by atoms with Gasteiger partial charge in [-0.3, -0.25) is 9.36 Å². The van der Waals surface area contributed by atoms with Crippen LogP contribution in [0.15, 0.2) is 55.0 Å². The van der Waals surface area contributed by atoms with Gasteiger partial charge in [0.2, 0.25) is 5.91 Å². The predicted molar refractivity (Wildman–Crippen MR) is 99.5 cm³/mol. The molecule has 6 nitrogen and oxygen atoms in total. The van der Waals surface area contributed by atoms with Crippen LogP contribution in [-0.2, 0) is 11.3 Å². The van der Waals surface area contributed by atoms with E-state index in [1.54, 1.807) is 36.7 Å². The molecule has 0 bridgehead atoms. The number of nitrogens with zero attached hydrogens (tertiary/aromatic N) is 3. The molecule has 0 unspecified atom stereocenters. The maximum absolute atomic E-state index is 11.9. The maximum Gasteiger partial charge on any atom is 0.223 e. The van der Waals surface area contributed by atoms with Crippen molar-refractivity contribution in [3.63, 3.8) is 0 Å².